The van der Waals surface area contributed by atoms with E-state index >= 15 is 0 Å². The number of halogens is 1. The minimum Gasteiger partial charge on any atom is -0.242 e. The van der Waals surface area contributed by atoms with Crippen LogP contribution < -0.4 is 0 Å². The van der Waals surface area contributed by atoms with Crippen LogP contribution in [0.25, 0.3) is 0 Å². The van der Waals surface area contributed by atoms with Gasteiger partial charge < -0.3 is 0 Å². The van der Waals surface area contributed by atoms with E-state index in [0.717, 1.165) is 12.2 Å². The van der Waals surface area contributed by atoms with Gasteiger partial charge in [-0.1, -0.05) is 30.3 Å². The van der Waals surface area contributed by atoms with Gasteiger partial charge in [0.2, 0.25) is 4.73 Å². The lowest BCUT2D eigenvalue weighted by molar-refractivity contribution is 0.550. The van der Waals surface area contributed by atoms with E-state index in [-0.39, 0.29) is 11.9 Å². The van der Waals surface area contributed by atoms with Gasteiger partial charge in [-0.15, -0.1) is 5.10 Å². The topological polar surface area (TPSA) is 30.7 Å². The molecule has 2 heterocycles. The van der Waals surface area contributed by atoms with Crippen LogP contribution in [0.2, 0.25) is 0 Å². The highest BCUT2D eigenvalue weighted by atomic mass is 79.9. The van der Waals surface area contributed by atoms with Crippen molar-refractivity contribution in [3.63, 3.8) is 0 Å². The molecular formula is C11H9BBrN3. The highest BCUT2D eigenvalue weighted by molar-refractivity contribution is 9.10. The Morgan fingerprint density at radius 2 is 2.06 bits per heavy atom. The molecule has 1 aromatic carbocycles. The zero-order valence-corrected chi connectivity index (χ0v) is 10.1. The average Bonchev–Trinajstić information content (AvgIpc) is 2.80. The molecule has 0 saturated carbocycles. The summed E-state index contributed by atoms with van der Waals surface area (Å²) in [5.41, 5.74) is 1.23. The fraction of sp³-hybridized carbons (Fsp3) is 0.273. The number of nitrogens with zero attached hydrogens (tertiary/aromatic N) is 3. The summed E-state index contributed by atoms with van der Waals surface area (Å²) in [4.78, 5) is 4.29. The van der Waals surface area contributed by atoms with Crippen molar-refractivity contribution in [2.24, 2.45) is 0 Å². The molecule has 0 bridgehead atoms. The Morgan fingerprint density at radius 1 is 1.31 bits per heavy atom. The Bertz CT molecular complexity index is 511. The second-order valence-corrected chi connectivity index (χ2v) is 4.66. The van der Waals surface area contributed by atoms with E-state index in [1.165, 1.54) is 5.56 Å². The summed E-state index contributed by atoms with van der Waals surface area (Å²) in [7, 11) is 6.04. The molecule has 0 saturated heterocycles. The summed E-state index contributed by atoms with van der Waals surface area (Å²) < 4.78 is 2.53. The lowest BCUT2D eigenvalue weighted by Crippen LogP contribution is -2.07. The van der Waals surface area contributed by atoms with Crippen molar-refractivity contribution in [2.45, 2.75) is 18.3 Å². The van der Waals surface area contributed by atoms with E-state index in [4.69, 9.17) is 7.85 Å². The first kappa shape index (κ1) is 10.1. The van der Waals surface area contributed by atoms with Crippen LogP contribution in [0, 0.1) is 0 Å². The van der Waals surface area contributed by atoms with Gasteiger partial charge in [-0.3, -0.25) is 0 Å². The lowest BCUT2D eigenvalue weighted by Gasteiger charge is -2.11. The largest absolute Gasteiger partial charge is 0.242 e. The van der Waals surface area contributed by atoms with Crippen molar-refractivity contribution in [3.05, 3.63) is 46.5 Å². The number of hydrogen-bond donors (Lipinski definition) is 0. The summed E-state index contributed by atoms with van der Waals surface area (Å²) in [5.74, 6) is 0.838. The molecule has 0 fully saturated rings. The van der Waals surface area contributed by atoms with Crippen LogP contribution in [0.5, 0.6) is 0 Å². The Labute approximate surface area is 103 Å². The van der Waals surface area contributed by atoms with Gasteiger partial charge in [0.05, 0.1) is 13.9 Å². The fourth-order valence-corrected chi connectivity index (χ4v) is 2.54. The molecule has 0 amide bonds. The van der Waals surface area contributed by atoms with E-state index in [9.17, 15) is 0 Å². The molecule has 3 rings (SSSR count). The standard InChI is InChI=1S/C11H9BBrN3/c12-8-6-9(7-4-2-1-3-5-7)16-10(8)14-11(13)15-16/h1-5,8-9H,6H2. The molecule has 3 nitrogen and oxygen atoms in total. The van der Waals surface area contributed by atoms with Crippen molar-refractivity contribution in [1.29, 1.82) is 0 Å². The van der Waals surface area contributed by atoms with Crippen molar-refractivity contribution >= 4 is 23.8 Å². The maximum atomic E-state index is 6.04. The molecule has 16 heavy (non-hydrogen) atoms. The zero-order chi connectivity index (χ0) is 11.1. The van der Waals surface area contributed by atoms with E-state index in [1.54, 1.807) is 0 Å². The first-order chi connectivity index (χ1) is 7.75. The van der Waals surface area contributed by atoms with E-state index < -0.39 is 0 Å². The van der Waals surface area contributed by atoms with E-state index in [1.807, 2.05) is 22.9 Å². The third-order valence-corrected chi connectivity index (χ3v) is 3.26. The lowest BCUT2D eigenvalue weighted by atomic mass is 9.83. The first-order valence-electron chi connectivity index (χ1n) is 5.18. The zero-order valence-electron chi connectivity index (χ0n) is 8.55. The van der Waals surface area contributed by atoms with Crippen LogP contribution in [0.3, 0.4) is 0 Å². The Hall–Kier alpha value is -1.10. The minimum atomic E-state index is -0.0241. The van der Waals surface area contributed by atoms with Crippen molar-refractivity contribution in [1.82, 2.24) is 14.8 Å². The van der Waals surface area contributed by atoms with Crippen LogP contribution in [0.15, 0.2) is 35.1 Å². The Balaban J connectivity index is 2.06. The number of hydrogen-bond acceptors (Lipinski definition) is 2. The molecule has 0 N–H and O–H groups in total. The number of benzene rings is 1. The predicted octanol–water partition coefficient (Wildman–Crippen LogP) is 2.24. The van der Waals surface area contributed by atoms with Gasteiger partial charge in [-0.05, 0) is 33.7 Å². The first-order valence-corrected chi connectivity index (χ1v) is 5.97. The van der Waals surface area contributed by atoms with Gasteiger partial charge in [0.1, 0.15) is 5.82 Å². The molecule has 0 spiro atoms. The van der Waals surface area contributed by atoms with E-state index in [2.05, 4.69) is 38.1 Å². The third kappa shape index (κ3) is 1.50. The SMILES string of the molecule is [B]C1CC(c2ccccc2)n2nc(Br)nc21. The summed E-state index contributed by atoms with van der Waals surface area (Å²) in [6, 6.07) is 10.5. The molecular weight excluding hydrogens is 265 g/mol. The van der Waals surface area contributed by atoms with Crippen molar-refractivity contribution in [2.75, 3.05) is 0 Å². The molecule has 1 aromatic heterocycles. The summed E-state index contributed by atoms with van der Waals surface area (Å²) >= 11 is 3.29. The molecule has 1 aliphatic rings. The quantitative estimate of drug-likeness (QED) is 0.746. The van der Waals surface area contributed by atoms with Gasteiger partial charge in [0.15, 0.2) is 0 Å². The molecule has 1 aliphatic heterocycles. The maximum Gasteiger partial charge on any atom is 0.217 e. The van der Waals surface area contributed by atoms with Crippen molar-refractivity contribution < 1.29 is 0 Å². The van der Waals surface area contributed by atoms with Crippen LogP contribution in [0.4, 0.5) is 0 Å². The second-order valence-electron chi connectivity index (χ2n) is 3.95. The number of aromatic nitrogens is 3. The number of rotatable bonds is 1. The molecule has 2 radical (unpaired) electrons. The third-order valence-electron chi connectivity index (χ3n) is 2.92. The maximum absolute atomic E-state index is 6.04. The van der Waals surface area contributed by atoms with E-state index in [0.29, 0.717) is 4.73 Å². The molecule has 5 heteroatoms. The summed E-state index contributed by atoms with van der Waals surface area (Å²) in [5, 5.41) is 4.34. The molecule has 78 valence electrons. The van der Waals surface area contributed by atoms with Crippen LogP contribution >= 0.6 is 15.9 Å². The smallest absolute Gasteiger partial charge is 0.217 e. The average molecular weight is 274 g/mol. The van der Waals surface area contributed by atoms with Crippen LogP contribution in [-0.2, 0) is 0 Å². The Kier molecular flexibility index (Phi) is 2.35. The van der Waals surface area contributed by atoms with Gasteiger partial charge in [0, 0.05) is 0 Å². The highest BCUT2D eigenvalue weighted by Gasteiger charge is 2.31. The highest BCUT2D eigenvalue weighted by Crippen LogP contribution is 2.36. The van der Waals surface area contributed by atoms with Crippen LogP contribution in [0.1, 0.15) is 29.7 Å². The monoisotopic (exact) mass is 273 g/mol. The van der Waals surface area contributed by atoms with Gasteiger partial charge in [-0.25, -0.2) is 9.67 Å². The van der Waals surface area contributed by atoms with Crippen LogP contribution in [-0.4, -0.2) is 22.6 Å². The summed E-state index contributed by atoms with van der Waals surface area (Å²) in [6.07, 6.45) is 0.868. The number of fused-ring (bicyclic) bond motifs is 1. The molecule has 2 unspecified atom stereocenters. The van der Waals surface area contributed by atoms with Crippen molar-refractivity contribution in [3.8, 4) is 0 Å². The molecule has 0 aliphatic carbocycles. The summed E-state index contributed by atoms with van der Waals surface area (Å²) in [6.45, 7) is 0. The van der Waals surface area contributed by atoms with Gasteiger partial charge in [-0.2, -0.15) is 0 Å². The second kappa shape index (κ2) is 3.73. The predicted molar refractivity (Wildman–Crippen MR) is 65.4 cm³/mol. The normalized spacial score (nSPS) is 23.3. The minimum absolute atomic E-state index is 0.0241. The molecule has 2 atom stereocenters. The fourth-order valence-electron chi connectivity index (χ4n) is 2.19. The van der Waals surface area contributed by atoms with Gasteiger partial charge >= 0.3 is 0 Å². The Morgan fingerprint density at radius 3 is 2.81 bits per heavy atom. The molecule has 2 aromatic rings. The van der Waals surface area contributed by atoms with Gasteiger partial charge in [0.25, 0.3) is 0 Å².